The zero-order chi connectivity index (χ0) is 18.5. The maximum absolute atomic E-state index is 12.4. The molecule has 0 aromatic heterocycles. The Kier molecular flexibility index (Phi) is 6.92. The lowest BCUT2D eigenvalue weighted by atomic mass is 10.0. The van der Waals surface area contributed by atoms with Crippen molar-refractivity contribution in [2.75, 3.05) is 6.54 Å². The van der Waals surface area contributed by atoms with Gasteiger partial charge in [0.25, 0.3) is 5.91 Å². The third-order valence-corrected chi connectivity index (χ3v) is 4.95. The lowest BCUT2D eigenvalue weighted by Crippen LogP contribution is -2.42. The van der Waals surface area contributed by atoms with Crippen LogP contribution in [0.2, 0.25) is 0 Å². The highest BCUT2D eigenvalue weighted by atomic mass is 32.2. The number of carbonyl (C=O) groups is 2. The van der Waals surface area contributed by atoms with Gasteiger partial charge >= 0.3 is 5.97 Å². The molecule has 0 aliphatic rings. The molecule has 0 fully saturated rings. The summed E-state index contributed by atoms with van der Waals surface area (Å²) in [5.41, 5.74) is 0.709. The van der Waals surface area contributed by atoms with Gasteiger partial charge in [0, 0.05) is 12.1 Å². The van der Waals surface area contributed by atoms with E-state index < -0.39 is 27.9 Å². The Morgan fingerprint density at radius 1 is 1.25 bits per heavy atom. The predicted molar refractivity (Wildman–Crippen MR) is 90.4 cm³/mol. The first-order valence-corrected chi connectivity index (χ1v) is 9.20. The zero-order valence-corrected chi connectivity index (χ0v) is 15.1. The standard InChI is InChI=1S/C16H24N2O5S/c1-5-17-24(22,23)12-7-6-11(4)13(9-12)15(19)18-14(16(20)21)8-10(2)3/h6-7,9-10,14,17H,5,8H2,1-4H3,(H,18,19)(H,20,21)/t14-/m0/s1. The highest BCUT2D eigenvalue weighted by Gasteiger charge is 2.23. The van der Waals surface area contributed by atoms with Crippen molar-refractivity contribution >= 4 is 21.9 Å². The molecule has 0 radical (unpaired) electrons. The molecule has 0 bridgehead atoms. The van der Waals surface area contributed by atoms with Gasteiger partial charge in [-0.05, 0) is 37.0 Å². The summed E-state index contributed by atoms with van der Waals surface area (Å²) in [7, 11) is -3.69. The van der Waals surface area contributed by atoms with E-state index in [1.165, 1.54) is 18.2 Å². The van der Waals surface area contributed by atoms with Crippen molar-refractivity contribution in [1.82, 2.24) is 10.0 Å². The number of carboxylic acid groups (broad SMARTS) is 1. The van der Waals surface area contributed by atoms with Crippen molar-refractivity contribution < 1.29 is 23.1 Å². The Labute approximate surface area is 142 Å². The highest BCUT2D eigenvalue weighted by Crippen LogP contribution is 2.16. The average Bonchev–Trinajstić information content (AvgIpc) is 2.45. The van der Waals surface area contributed by atoms with Crippen molar-refractivity contribution in [1.29, 1.82) is 0 Å². The van der Waals surface area contributed by atoms with Gasteiger partial charge in [-0.25, -0.2) is 17.9 Å². The van der Waals surface area contributed by atoms with Crippen molar-refractivity contribution in [2.45, 2.75) is 45.1 Å². The van der Waals surface area contributed by atoms with Gasteiger partial charge in [0.1, 0.15) is 6.04 Å². The van der Waals surface area contributed by atoms with Gasteiger partial charge in [0.15, 0.2) is 0 Å². The Bertz CT molecular complexity index is 713. The summed E-state index contributed by atoms with van der Waals surface area (Å²) in [6, 6.07) is 3.17. The molecule has 0 aliphatic carbocycles. The van der Waals surface area contributed by atoms with Crippen LogP contribution in [-0.2, 0) is 14.8 Å². The molecule has 0 aliphatic heterocycles. The van der Waals surface area contributed by atoms with Crippen LogP contribution in [0.25, 0.3) is 0 Å². The zero-order valence-electron chi connectivity index (χ0n) is 14.3. The van der Waals surface area contributed by atoms with Crippen molar-refractivity contribution in [3.8, 4) is 0 Å². The number of carbonyl (C=O) groups excluding carboxylic acids is 1. The monoisotopic (exact) mass is 356 g/mol. The molecule has 0 heterocycles. The van der Waals surface area contributed by atoms with Crippen LogP contribution in [-0.4, -0.2) is 38.0 Å². The topological polar surface area (TPSA) is 113 Å². The number of nitrogens with one attached hydrogen (secondary N) is 2. The summed E-state index contributed by atoms with van der Waals surface area (Å²) < 4.78 is 26.5. The predicted octanol–water partition coefficient (Wildman–Crippen LogP) is 1.52. The number of benzene rings is 1. The summed E-state index contributed by atoms with van der Waals surface area (Å²) in [4.78, 5) is 23.7. The number of carboxylic acids is 1. The van der Waals surface area contributed by atoms with E-state index in [0.29, 0.717) is 5.56 Å². The maximum Gasteiger partial charge on any atom is 0.326 e. The lowest BCUT2D eigenvalue weighted by Gasteiger charge is -2.17. The Morgan fingerprint density at radius 3 is 2.38 bits per heavy atom. The quantitative estimate of drug-likeness (QED) is 0.654. The first kappa shape index (κ1) is 20.1. The lowest BCUT2D eigenvalue weighted by molar-refractivity contribution is -0.139. The minimum absolute atomic E-state index is 0.0316. The maximum atomic E-state index is 12.4. The molecule has 1 aromatic rings. The van der Waals surface area contributed by atoms with Gasteiger partial charge in [-0.2, -0.15) is 0 Å². The van der Waals surface area contributed by atoms with Gasteiger partial charge in [-0.1, -0.05) is 26.8 Å². The summed E-state index contributed by atoms with van der Waals surface area (Å²) in [5.74, 6) is -1.63. The molecule has 1 amide bonds. The van der Waals surface area contributed by atoms with E-state index in [0.717, 1.165) is 0 Å². The van der Waals surface area contributed by atoms with Crippen LogP contribution >= 0.6 is 0 Å². The van der Waals surface area contributed by atoms with Crippen LogP contribution in [0.3, 0.4) is 0 Å². The number of aryl methyl sites for hydroxylation is 1. The molecule has 0 spiro atoms. The van der Waals surface area contributed by atoms with Gasteiger partial charge < -0.3 is 10.4 Å². The third kappa shape index (κ3) is 5.31. The van der Waals surface area contributed by atoms with E-state index in [4.69, 9.17) is 0 Å². The van der Waals surface area contributed by atoms with E-state index in [2.05, 4.69) is 10.0 Å². The Morgan fingerprint density at radius 2 is 1.88 bits per heavy atom. The summed E-state index contributed by atoms with van der Waals surface area (Å²) in [6.45, 7) is 7.26. The van der Waals surface area contributed by atoms with E-state index in [-0.39, 0.29) is 29.3 Å². The second kappa shape index (κ2) is 8.25. The Hall–Kier alpha value is -1.93. The molecule has 134 valence electrons. The molecule has 8 heteroatoms. The van der Waals surface area contributed by atoms with Gasteiger partial charge in [-0.3, -0.25) is 4.79 Å². The molecule has 1 rings (SSSR count). The fraction of sp³-hybridized carbons (Fsp3) is 0.500. The van der Waals surface area contributed by atoms with E-state index in [1.54, 1.807) is 13.8 Å². The molecule has 0 saturated heterocycles. The second-order valence-electron chi connectivity index (χ2n) is 5.97. The van der Waals surface area contributed by atoms with Crippen LogP contribution in [0.5, 0.6) is 0 Å². The summed E-state index contributed by atoms with van der Waals surface area (Å²) >= 11 is 0. The van der Waals surface area contributed by atoms with Gasteiger partial charge in [0.2, 0.25) is 10.0 Å². The third-order valence-electron chi connectivity index (χ3n) is 3.41. The van der Waals surface area contributed by atoms with Crippen LogP contribution < -0.4 is 10.0 Å². The fourth-order valence-corrected chi connectivity index (χ4v) is 3.28. The van der Waals surface area contributed by atoms with E-state index in [1.807, 2.05) is 13.8 Å². The van der Waals surface area contributed by atoms with Gasteiger partial charge in [-0.15, -0.1) is 0 Å². The second-order valence-corrected chi connectivity index (χ2v) is 7.74. The van der Waals surface area contributed by atoms with Crippen molar-refractivity contribution in [2.24, 2.45) is 5.92 Å². The summed E-state index contributed by atoms with van der Waals surface area (Å²) in [6.07, 6.45) is 0.287. The summed E-state index contributed by atoms with van der Waals surface area (Å²) in [5, 5.41) is 11.7. The molecule has 3 N–H and O–H groups in total. The number of hydrogen-bond donors (Lipinski definition) is 3. The van der Waals surface area contributed by atoms with Crippen LogP contribution in [0.4, 0.5) is 0 Å². The molecule has 24 heavy (non-hydrogen) atoms. The van der Waals surface area contributed by atoms with E-state index >= 15 is 0 Å². The first-order chi connectivity index (χ1) is 11.1. The van der Waals surface area contributed by atoms with E-state index in [9.17, 15) is 23.1 Å². The molecule has 1 atom stereocenters. The van der Waals surface area contributed by atoms with Crippen LogP contribution in [0, 0.1) is 12.8 Å². The normalized spacial score (nSPS) is 12.9. The minimum atomic E-state index is -3.69. The molecular formula is C16H24N2O5S. The molecule has 0 saturated carbocycles. The van der Waals surface area contributed by atoms with Crippen LogP contribution in [0.15, 0.2) is 23.1 Å². The molecule has 1 aromatic carbocycles. The number of hydrogen-bond acceptors (Lipinski definition) is 4. The molecule has 0 unspecified atom stereocenters. The van der Waals surface area contributed by atoms with Crippen molar-refractivity contribution in [3.63, 3.8) is 0 Å². The molecular weight excluding hydrogens is 332 g/mol. The average molecular weight is 356 g/mol. The van der Waals surface area contributed by atoms with Crippen molar-refractivity contribution in [3.05, 3.63) is 29.3 Å². The largest absolute Gasteiger partial charge is 0.480 e. The number of sulfonamides is 1. The molecule has 7 nitrogen and oxygen atoms in total. The fourth-order valence-electron chi connectivity index (χ4n) is 2.22. The number of rotatable bonds is 8. The highest BCUT2D eigenvalue weighted by molar-refractivity contribution is 7.89. The smallest absolute Gasteiger partial charge is 0.326 e. The van der Waals surface area contributed by atoms with Crippen LogP contribution in [0.1, 0.15) is 43.1 Å². The number of aliphatic carboxylic acids is 1. The minimum Gasteiger partial charge on any atom is -0.480 e. The van der Waals surface area contributed by atoms with Gasteiger partial charge in [0.05, 0.1) is 4.90 Å². The first-order valence-electron chi connectivity index (χ1n) is 7.72. The number of amides is 1. The SMILES string of the molecule is CCNS(=O)(=O)c1ccc(C)c(C(=O)N[C@@H](CC(C)C)C(=O)O)c1. The Balaban J connectivity index is 3.12.